The number of benzene rings is 1. The molecule has 0 atom stereocenters. The van der Waals surface area contributed by atoms with Gasteiger partial charge in [-0.05, 0) is 31.9 Å². The molecule has 0 fully saturated rings. The second kappa shape index (κ2) is 6.17. The zero-order chi connectivity index (χ0) is 13.7. The molecule has 2 rings (SSSR count). The Balaban J connectivity index is 2.28. The van der Waals surface area contributed by atoms with Crippen LogP contribution in [-0.2, 0) is 10.0 Å². The van der Waals surface area contributed by atoms with Gasteiger partial charge in [-0.25, -0.2) is 8.42 Å². The molecule has 0 radical (unpaired) electrons. The summed E-state index contributed by atoms with van der Waals surface area (Å²) in [6, 6.07) is 7.00. The van der Waals surface area contributed by atoms with Crippen LogP contribution in [0.4, 0.5) is 0 Å². The van der Waals surface area contributed by atoms with Crippen molar-refractivity contribution in [3.63, 3.8) is 0 Å². The van der Waals surface area contributed by atoms with Crippen LogP contribution in [0.5, 0.6) is 0 Å². The molecule has 0 saturated carbocycles. The van der Waals surface area contributed by atoms with Gasteiger partial charge in [-0.3, -0.25) is 0 Å². The number of allylic oxidation sites excluding steroid dienone is 2. The molecule has 4 heteroatoms. The van der Waals surface area contributed by atoms with E-state index in [0.29, 0.717) is 18.0 Å². The maximum Gasteiger partial charge on any atom is 0.243 e. The third-order valence-corrected chi connectivity index (χ3v) is 4.96. The van der Waals surface area contributed by atoms with Crippen LogP contribution in [0.1, 0.15) is 18.4 Å². The van der Waals surface area contributed by atoms with Crippen LogP contribution >= 0.6 is 0 Å². The summed E-state index contributed by atoms with van der Waals surface area (Å²) in [5.41, 5.74) is 1.06. The average molecular weight is 277 g/mol. The van der Waals surface area contributed by atoms with Crippen LogP contribution in [-0.4, -0.2) is 25.8 Å². The highest BCUT2D eigenvalue weighted by molar-refractivity contribution is 7.89. The summed E-state index contributed by atoms with van der Waals surface area (Å²) < 4.78 is 26.6. The van der Waals surface area contributed by atoms with Crippen LogP contribution in [0.2, 0.25) is 0 Å². The molecule has 0 amide bonds. The largest absolute Gasteiger partial charge is 0.243 e. The second-order valence-corrected chi connectivity index (χ2v) is 6.59. The van der Waals surface area contributed by atoms with Gasteiger partial charge < -0.3 is 0 Å². The topological polar surface area (TPSA) is 37.4 Å². The van der Waals surface area contributed by atoms with Gasteiger partial charge in [-0.1, -0.05) is 42.0 Å². The third kappa shape index (κ3) is 3.55. The molecular formula is C15H19NO2S. The Bertz CT molecular complexity index is 555. The minimum atomic E-state index is -3.40. The Hall–Kier alpha value is -1.39. The molecule has 0 aliphatic carbocycles. The first-order valence-corrected chi connectivity index (χ1v) is 7.91. The fourth-order valence-electron chi connectivity index (χ4n) is 1.94. The Morgan fingerprint density at radius 3 is 1.95 bits per heavy atom. The first kappa shape index (κ1) is 14.0. The number of hydrogen-bond acceptors (Lipinski definition) is 2. The van der Waals surface area contributed by atoms with E-state index in [1.54, 1.807) is 12.1 Å². The van der Waals surface area contributed by atoms with Gasteiger partial charge in [0.05, 0.1) is 4.90 Å². The van der Waals surface area contributed by atoms with E-state index in [1.807, 2.05) is 43.4 Å². The highest BCUT2D eigenvalue weighted by Gasteiger charge is 2.22. The monoisotopic (exact) mass is 277 g/mol. The summed E-state index contributed by atoms with van der Waals surface area (Å²) >= 11 is 0. The van der Waals surface area contributed by atoms with Crippen molar-refractivity contribution < 1.29 is 8.42 Å². The van der Waals surface area contributed by atoms with Crippen LogP contribution in [0.15, 0.2) is 53.5 Å². The van der Waals surface area contributed by atoms with Gasteiger partial charge in [-0.15, -0.1) is 0 Å². The predicted molar refractivity (Wildman–Crippen MR) is 77.5 cm³/mol. The van der Waals surface area contributed by atoms with Crippen molar-refractivity contribution in [2.45, 2.75) is 24.7 Å². The van der Waals surface area contributed by atoms with Gasteiger partial charge in [0.1, 0.15) is 0 Å². The zero-order valence-electron chi connectivity index (χ0n) is 11.1. The Kier molecular flexibility index (Phi) is 4.56. The Labute approximate surface area is 115 Å². The van der Waals surface area contributed by atoms with Crippen molar-refractivity contribution >= 4 is 10.0 Å². The van der Waals surface area contributed by atoms with Gasteiger partial charge in [-0.2, -0.15) is 4.31 Å². The lowest BCUT2D eigenvalue weighted by Gasteiger charge is -2.19. The van der Waals surface area contributed by atoms with Crippen LogP contribution < -0.4 is 0 Å². The Morgan fingerprint density at radius 2 is 1.42 bits per heavy atom. The molecule has 1 heterocycles. The highest BCUT2D eigenvalue weighted by Crippen LogP contribution is 2.17. The van der Waals surface area contributed by atoms with Gasteiger partial charge in [0.25, 0.3) is 0 Å². The molecule has 0 N–H and O–H groups in total. The number of nitrogens with zero attached hydrogens (tertiary/aromatic N) is 1. The van der Waals surface area contributed by atoms with Crippen LogP contribution in [0.3, 0.4) is 0 Å². The summed E-state index contributed by atoms with van der Waals surface area (Å²) in [5.74, 6) is 0. The lowest BCUT2D eigenvalue weighted by molar-refractivity contribution is 0.474. The van der Waals surface area contributed by atoms with Gasteiger partial charge >= 0.3 is 0 Å². The summed E-state index contributed by atoms with van der Waals surface area (Å²) in [6.07, 6.45) is 9.86. The average Bonchev–Trinajstić information content (AvgIpc) is 2.52. The summed E-state index contributed by atoms with van der Waals surface area (Å²) in [5, 5.41) is 0. The maximum absolute atomic E-state index is 12.5. The molecule has 1 aromatic rings. The first-order valence-electron chi connectivity index (χ1n) is 6.47. The molecule has 1 aliphatic rings. The van der Waals surface area contributed by atoms with E-state index in [4.69, 9.17) is 0 Å². The van der Waals surface area contributed by atoms with E-state index in [9.17, 15) is 8.42 Å². The van der Waals surface area contributed by atoms with E-state index in [0.717, 1.165) is 18.4 Å². The van der Waals surface area contributed by atoms with Crippen molar-refractivity contribution in [3.8, 4) is 0 Å². The molecule has 0 saturated heterocycles. The summed E-state index contributed by atoms with van der Waals surface area (Å²) in [7, 11) is -3.40. The summed E-state index contributed by atoms with van der Waals surface area (Å²) in [4.78, 5) is 0.360. The number of hydrogen-bond donors (Lipinski definition) is 0. The van der Waals surface area contributed by atoms with Crippen molar-refractivity contribution in [1.82, 2.24) is 4.31 Å². The van der Waals surface area contributed by atoms with Gasteiger partial charge in [0, 0.05) is 13.1 Å². The van der Waals surface area contributed by atoms with Crippen molar-refractivity contribution in [3.05, 3.63) is 54.1 Å². The van der Waals surface area contributed by atoms with Crippen molar-refractivity contribution in [2.75, 3.05) is 13.1 Å². The molecule has 0 spiro atoms. The third-order valence-electron chi connectivity index (χ3n) is 3.11. The molecule has 19 heavy (non-hydrogen) atoms. The lowest BCUT2D eigenvalue weighted by Crippen LogP contribution is -2.31. The molecular weight excluding hydrogens is 258 g/mol. The van der Waals surface area contributed by atoms with Crippen LogP contribution in [0.25, 0.3) is 0 Å². The Morgan fingerprint density at radius 1 is 0.895 bits per heavy atom. The highest BCUT2D eigenvalue weighted by atomic mass is 32.2. The van der Waals surface area contributed by atoms with E-state index < -0.39 is 10.0 Å². The molecule has 1 aliphatic heterocycles. The van der Waals surface area contributed by atoms with Gasteiger partial charge in [0.15, 0.2) is 0 Å². The quantitative estimate of drug-likeness (QED) is 0.779. The summed E-state index contributed by atoms with van der Waals surface area (Å²) in [6.45, 7) is 2.81. The minimum absolute atomic E-state index is 0.360. The van der Waals surface area contributed by atoms with E-state index in [-0.39, 0.29) is 0 Å². The second-order valence-electron chi connectivity index (χ2n) is 4.66. The molecule has 0 unspecified atom stereocenters. The van der Waals surface area contributed by atoms with Crippen LogP contribution in [0, 0.1) is 6.92 Å². The maximum atomic E-state index is 12.5. The SMILES string of the molecule is Cc1ccc(S(=O)(=O)N2C/C=C\CC/C=C\C2)cc1. The fraction of sp³-hybridized carbons (Fsp3) is 0.333. The number of sulfonamides is 1. The number of aryl methyl sites for hydroxylation is 1. The lowest BCUT2D eigenvalue weighted by atomic mass is 10.2. The standard InChI is InChI=1S/C15H19NO2S/c1-14-8-10-15(11-9-14)19(17,18)16-12-6-4-2-3-5-7-13-16/h4-11H,2-3,12-13H2,1H3/b6-4-,7-5-. The van der Waals surface area contributed by atoms with Crippen molar-refractivity contribution in [2.24, 2.45) is 0 Å². The smallest absolute Gasteiger partial charge is 0.207 e. The van der Waals surface area contributed by atoms with Crippen molar-refractivity contribution in [1.29, 1.82) is 0 Å². The minimum Gasteiger partial charge on any atom is -0.207 e. The van der Waals surface area contributed by atoms with E-state index >= 15 is 0 Å². The molecule has 0 bridgehead atoms. The zero-order valence-corrected chi connectivity index (χ0v) is 11.9. The van der Waals surface area contributed by atoms with E-state index in [1.165, 1.54) is 4.31 Å². The first-order chi connectivity index (χ1) is 9.10. The molecule has 0 aromatic heterocycles. The van der Waals surface area contributed by atoms with E-state index in [2.05, 4.69) is 0 Å². The normalized spacial score (nSPS) is 21.1. The molecule has 3 nitrogen and oxygen atoms in total. The fourth-order valence-corrected chi connectivity index (χ4v) is 3.29. The number of rotatable bonds is 2. The molecule has 1 aromatic carbocycles. The predicted octanol–water partition coefficient (Wildman–Crippen LogP) is 2.89. The molecule has 102 valence electrons. The van der Waals surface area contributed by atoms with Gasteiger partial charge in [0.2, 0.25) is 10.0 Å².